The van der Waals surface area contributed by atoms with Gasteiger partial charge in [0.15, 0.2) is 5.78 Å². The molecule has 0 spiro atoms. The second kappa shape index (κ2) is 6.01. The normalized spacial score (nSPS) is 18.3. The predicted octanol–water partition coefficient (Wildman–Crippen LogP) is 2.32. The van der Waals surface area contributed by atoms with E-state index < -0.39 is 0 Å². The molecule has 3 rings (SSSR count). The third-order valence-electron chi connectivity index (χ3n) is 3.65. The molecule has 0 amide bonds. The summed E-state index contributed by atoms with van der Waals surface area (Å²) in [6.07, 6.45) is 4.24. The fraction of sp³-hybridized carbons (Fsp3) is 0.375. The number of pyridine rings is 1. The van der Waals surface area contributed by atoms with Gasteiger partial charge in [-0.15, -0.1) is 0 Å². The first-order valence-corrected chi connectivity index (χ1v) is 7.07. The number of nitrogens with one attached hydrogen (secondary N) is 1. The standard InChI is InChI=1S/C16H18N2O2/c19-14(13-6-3-9-17-13)8-11-20-15-7-1-4-12-5-2-10-18-16(12)15/h1-2,4-5,7,10,13,17H,3,6,8-9,11H2. The molecule has 0 bridgehead atoms. The Morgan fingerprint density at radius 2 is 2.25 bits per heavy atom. The van der Waals surface area contributed by atoms with Crippen molar-refractivity contribution in [2.75, 3.05) is 13.2 Å². The highest BCUT2D eigenvalue weighted by Crippen LogP contribution is 2.23. The number of hydrogen-bond acceptors (Lipinski definition) is 4. The van der Waals surface area contributed by atoms with Crippen LogP contribution in [-0.2, 0) is 4.79 Å². The van der Waals surface area contributed by atoms with Gasteiger partial charge in [-0.05, 0) is 31.5 Å². The van der Waals surface area contributed by atoms with Crippen molar-refractivity contribution in [3.63, 3.8) is 0 Å². The zero-order chi connectivity index (χ0) is 13.8. The molecule has 1 aromatic heterocycles. The molecule has 1 aliphatic heterocycles. The van der Waals surface area contributed by atoms with Crippen LogP contribution in [0.15, 0.2) is 36.5 Å². The van der Waals surface area contributed by atoms with Gasteiger partial charge in [-0.25, -0.2) is 0 Å². The molecule has 0 aliphatic carbocycles. The van der Waals surface area contributed by atoms with Crippen LogP contribution in [0.4, 0.5) is 0 Å². The highest BCUT2D eigenvalue weighted by molar-refractivity contribution is 5.85. The Balaban J connectivity index is 1.61. The van der Waals surface area contributed by atoms with Crippen LogP contribution < -0.4 is 10.1 Å². The summed E-state index contributed by atoms with van der Waals surface area (Å²) in [6.45, 7) is 1.36. The number of aromatic nitrogens is 1. The first kappa shape index (κ1) is 13.1. The Kier molecular flexibility index (Phi) is 3.92. The van der Waals surface area contributed by atoms with E-state index in [9.17, 15) is 4.79 Å². The van der Waals surface area contributed by atoms with Gasteiger partial charge in [0, 0.05) is 18.0 Å². The smallest absolute Gasteiger partial charge is 0.153 e. The molecule has 1 aliphatic rings. The van der Waals surface area contributed by atoms with Crippen molar-refractivity contribution in [1.82, 2.24) is 10.3 Å². The van der Waals surface area contributed by atoms with E-state index in [4.69, 9.17) is 4.74 Å². The van der Waals surface area contributed by atoms with Crippen LogP contribution in [0, 0.1) is 0 Å². The van der Waals surface area contributed by atoms with Crippen LogP contribution in [-0.4, -0.2) is 30.0 Å². The molecule has 2 aromatic rings. The first-order chi connectivity index (χ1) is 9.84. The lowest BCUT2D eigenvalue weighted by molar-refractivity contribution is -0.121. The minimum Gasteiger partial charge on any atom is -0.491 e. The zero-order valence-corrected chi connectivity index (χ0v) is 11.3. The van der Waals surface area contributed by atoms with Crippen LogP contribution in [0.3, 0.4) is 0 Å². The maximum atomic E-state index is 11.9. The Hall–Kier alpha value is -1.94. The molecule has 1 unspecified atom stereocenters. The summed E-state index contributed by atoms with van der Waals surface area (Å²) in [7, 11) is 0. The second-order valence-electron chi connectivity index (χ2n) is 5.04. The molecule has 1 fully saturated rings. The minimum atomic E-state index is 0.0317. The second-order valence-corrected chi connectivity index (χ2v) is 5.04. The largest absolute Gasteiger partial charge is 0.491 e. The third-order valence-corrected chi connectivity index (χ3v) is 3.65. The average Bonchev–Trinajstić information content (AvgIpc) is 3.02. The number of ether oxygens (including phenoxy) is 1. The Morgan fingerprint density at radius 3 is 3.10 bits per heavy atom. The quantitative estimate of drug-likeness (QED) is 0.906. The van der Waals surface area contributed by atoms with Gasteiger partial charge in [0.05, 0.1) is 12.6 Å². The number of hydrogen-bond donors (Lipinski definition) is 1. The SMILES string of the molecule is O=C(CCOc1cccc2cccnc12)C1CCCN1. The molecule has 20 heavy (non-hydrogen) atoms. The first-order valence-electron chi connectivity index (χ1n) is 7.07. The van der Waals surface area contributed by atoms with Gasteiger partial charge in [0.2, 0.25) is 0 Å². The van der Waals surface area contributed by atoms with Gasteiger partial charge in [-0.2, -0.15) is 0 Å². The summed E-state index contributed by atoms with van der Waals surface area (Å²) in [5, 5.41) is 4.27. The average molecular weight is 270 g/mol. The van der Waals surface area contributed by atoms with Crippen molar-refractivity contribution in [3.8, 4) is 5.75 Å². The number of rotatable bonds is 5. The van der Waals surface area contributed by atoms with Crippen molar-refractivity contribution < 1.29 is 9.53 Å². The van der Waals surface area contributed by atoms with Crippen LogP contribution in [0.25, 0.3) is 10.9 Å². The molecule has 1 saturated heterocycles. The highest BCUT2D eigenvalue weighted by atomic mass is 16.5. The Morgan fingerprint density at radius 1 is 1.35 bits per heavy atom. The highest BCUT2D eigenvalue weighted by Gasteiger charge is 2.21. The van der Waals surface area contributed by atoms with E-state index in [2.05, 4.69) is 10.3 Å². The monoisotopic (exact) mass is 270 g/mol. The maximum absolute atomic E-state index is 11.9. The van der Waals surface area contributed by atoms with Gasteiger partial charge < -0.3 is 10.1 Å². The third kappa shape index (κ3) is 2.80. The topological polar surface area (TPSA) is 51.2 Å². The lowest BCUT2D eigenvalue weighted by Gasteiger charge is -2.11. The number of benzene rings is 1. The molecule has 1 N–H and O–H groups in total. The van der Waals surface area contributed by atoms with Gasteiger partial charge in [0.1, 0.15) is 11.3 Å². The van der Waals surface area contributed by atoms with Crippen LogP contribution >= 0.6 is 0 Å². The zero-order valence-electron chi connectivity index (χ0n) is 11.3. The van der Waals surface area contributed by atoms with Gasteiger partial charge in [-0.1, -0.05) is 18.2 Å². The van der Waals surface area contributed by atoms with E-state index in [1.807, 2.05) is 30.3 Å². The number of carbonyl (C=O) groups is 1. The Bertz CT molecular complexity index is 601. The van der Waals surface area contributed by atoms with Crippen molar-refractivity contribution in [3.05, 3.63) is 36.5 Å². The van der Waals surface area contributed by atoms with Crippen LogP contribution in [0.1, 0.15) is 19.3 Å². The van der Waals surface area contributed by atoms with Gasteiger partial charge in [0.25, 0.3) is 0 Å². The molecule has 4 heteroatoms. The van der Waals surface area contributed by atoms with E-state index in [1.54, 1.807) is 6.20 Å². The molecular weight excluding hydrogens is 252 g/mol. The summed E-state index contributed by atoms with van der Waals surface area (Å²) in [5.74, 6) is 0.992. The molecule has 1 atom stereocenters. The number of fused-ring (bicyclic) bond motifs is 1. The minimum absolute atomic E-state index is 0.0317. The summed E-state index contributed by atoms with van der Waals surface area (Å²) in [4.78, 5) is 16.3. The molecule has 1 aromatic carbocycles. The van der Waals surface area contributed by atoms with Crippen molar-refractivity contribution in [1.29, 1.82) is 0 Å². The lowest BCUT2D eigenvalue weighted by Crippen LogP contribution is -2.31. The van der Waals surface area contributed by atoms with Gasteiger partial charge >= 0.3 is 0 Å². The van der Waals surface area contributed by atoms with Crippen LogP contribution in [0.2, 0.25) is 0 Å². The van der Waals surface area contributed by atoms with Crippen molar-refractivity contribution in [2.45, 2.75) is 25.3 Å². The predicted molar refractivity (Wildman–Crippen MR) is 77.9 cm³/mol. The van der Waals surface area contributed by atoms with Gasteiger partial charge in [-0.3, -0.25) is 9.78 Å². The summed E-state index contributed by atoms with van der Waals surface area (Å²) in [6, 6.07) is 9.78. The molecule has 0 radical (unpaired) electrons. The van der Waals surface area contributed by atoms with E-state index >= 15 is 0 Å². The molecule has 4 nitrogen and oxygen atoms in total. The summed E-state index contributed by atoms with van der Waals surface area (Å²) >= 11 is 0. The van der Waals surface area contributed by atoms with Crippen molar-refractivity contribution in [2.24, 2.45) is 0 Å². The number of ketones is 1. The lowest BCUT2D eigenvalue weighted by atomic mass is 10.1. The number of nitrogens with zero attached hydrogens (tertiary/aromatic N) is 1. The fourth-order valence-corrected chi connectivity index (χ4v) is 2.59. The Labute approximate surface area is 118 Å². The van der Waals surface area contributed by atoms with Crippen LogP contribution in [0.5, 0.6) is 5.75 Å². The summed E-state index contributed by atoms with van der Waals surface area (Å²) < 4.78 is 5.74. The fourth-order valence-electron chi connectivity index (χ4n) is 2.59. The number of Topliss-reactive ketones (excluding diaryl/α,β-unsaturated/α-hetero) is 1. The molecular formula is C16H18N2O2. The van der Waals surface area contributed by atoms with E-state index in [0.717, 1.165) is 36.0 Å². The van der Waals surface area contributed by atoms with Crippen molar-refractivity contribution >= 4 is 16.7 Å². The molecule has 0 saturated carbocycles. The maximum Gasteiger partial charge on any atom is 0.153 e. The van der Waals surface area contributed by atoms with E-state index in [-0.39, 0.29) is 11.8 Å². The molecule has 2 heterocycles. The van der Waals surface area contributed by atoms with E-state index in [1.165, 1.54) is 0 Å². The number of carbonyl (C=O) groups excluding carboxylic acids is 1. The number of para-hydroxylation sites is 1. The molecule has 104 valence electrons. The van der Waals surface area contributed by atoms with E-state index in [0.29, 0.717) is 13.0 Å². The summed E-state index contributed by atoms with van der Waals surface area (Å²) in [5.41, 5.74) is 0.849.